The lowest BCUT2D eigenvalue weighted by molar-refractivity contribution is -0.123. The van der Waals surface area contributed by atoms with E-state index in [1.165, 1.54) is 0 Å². The van der Waals surface area contributed by atoms with Crippen LogP contribution in [0.25, 0.3) is 0 Å². The van der Waals surface area contributed by atoms with E-state index in [4.69, 9.17) is 21.7 Å². The minimum absolute atomic E-state index is 0.0539. The number of thiocarbonyl (C=S) groups is 1. The predicted molar refractivity (Wildman–Crippen MR) is 127 cm³/mol. The molecule has 7 nitrogen and oxygen atoms in total. The van der Waals surface area contributed by atoms with E-state index in [1.54, 1.807) is 30.3 Å². The molecule has 166 valence electrons. The Morgan fingerprint density at radius 2 is 1.77 bits per heavy atom. The van der Waals surface area contributed by atoms with Crippen LogP contribution in [0.2, 0.25) is 0 Å². The van der Waals surface area contributed by atoms with Crippen LogP contribution >= 0.6 is 28.1 Å². The number of rotatable bonds is 8. The largest absolute Gasteiger partial charge is 0.493 e. The molecule has 0 bridgehead atoms. The molecule has 0 atom stereocenters. The number of halogens is 1. The van der Waals surface area contributed by atoms with Crippen molar-refractivity contribution in [2.75, 3.05) is 13.2 Å². The zero-order valence-electron chi connectivity index (χ0n) is 17.7. The highest BCUT2D eigenvalue weighted by Crippen LogP contribution is 2.23. The average molecular weight is 508 g/mol. The lowest BCUT2D eigenvalue weighted by atomic mass is 10.1. The number of hydrogen-bond donors (Lipinski definition) is 3. The van der Waals surface area contributed by atoms with E-state index in [9.17, 15) is 9.59 Å². The molecule has 2 aromatic carbocycles. The Labute approximate surface area is 196 Å². The van der Waals surface area contributed by atoms with Crippen LogP contribution in [0.3, 0.4) is 0 Å². The standard InChI is InChI=1S/C22H26BrN3O4S/c1-14(2)10-11-29-19-9-6-16(23)12-18(19)21(28)24-22(31)26-25-20(27)13-30-17-7-4-15(3)5-8-17/h4-9,12,14H,10-11,13H2,1-3H3,(H,25,27)(H2,24,26,28,31). The molecule has 0 heterocycles. The number of amides is 2. The smallest absolute Gasteiger partial charge is 0.276 e. The van der Waals surface area contributed by atoms with Gasteiger partial charge in [0.15, 0.2) is 11.7 Å². The van der Waals surface area contributed by atoms with Crippen LogP contribution in [0.15, 0.2) is 46.9 Å². The molecule has 0 aliphatic heterocycles. The minimum atomic E-state index is -0.455. The second-order valence-electron chi connectivity index (χ2n) is 7.23. The van der Waals surface area contributed by atoms with Crippen molar-refractivity contribution in [3.63, 3.8) is 0 Å². The summed E-state index contributed by atoms with van der Waals surface area (Å²) in [6.45, 7) is 6.46. The third-order valence-corrected chi connectivity index (χ3v) is 4.77. The second kappa shape index (κ2) is 12.3. The van der Waals surface area contributed by atoms with Crippen LogP contribution in [0.4, 0.5) is 0 Å². The van der Waals surface area contributed by atoms with Crippen LogP contribution in [0.1, 0.15) is 36.2 Å². The van der Waals surface area contributed by atoms with Crippen molar-refractivity contribution in [3.05, 3.63) is 58.1 Å². The molecule has 0 aliphatic carbocycles. The molecule has 0 unspecified atom stereocenters. The number of benzene rings is 2. The Morgan fingerprint density at radius 3 is 2.45 bits per heavy atom. The number of nitrogens with one attached hydrogen (secondary N) is 3. The van der Waals surface area contributed by atoms with Crippen LogP contribution in [0, 0.1) is 12.8 Å². The quantitative estimate of drug-likeness (QED) is 0.371. The van der Waals surface area contributed by atoms with Crippen molar-refractivity contribution < 1.29 is 19.1 Å². The number of hydrazine groups is 1. The van der Waals surface area contributed by atoms with Crippen LogP contribution in [-0.2, 0) is 4.79 Å². The van der Waals surface area contributed by atoms with E-state index < -0.39 is 11.8 Å². The fourth-order valence-electron chi connectivity index (χ4n) is 2.36. The summed E-state index contributed by atoms with van der Waals surface area (Å²) in [5.41, 5.74) is 6.30. The SMILES string of the molecule is Cc1ccc(OCC(=O)NNC(=S)NC(=O)c2cc(Br)ccc2OCCC(C)C)cc1. The van der Waals surface area contributed by atoms with Gasteiger partial charge in [-0.25, -0.2) is 0 Å². The molecule has 0 spiro atoms. The van der Waals surface area contributed by atoms with E-state index in [2.05, 4.69) is 45.9 Å². The molecule has 2 aromatic rings. The van der Waals surface area contributed by atoms with Crippen molar-refractivity contribution in [3.8, 4) is 11.5 Å². The molecular weight excluding hydrogens is 482 g/mol. The Hall–Kier alpha value is -2.65. The maximum atomic E-state index is 12.6. The molecule has 2 amide bonds. The van der Waals surface area contributed by atoms with E-state index in [1.807, 2.05) is 19.1 Å². The van der Waals surface area contributed by atoms with Gasteiger partial charge in [0.25, 0.3) is 11.8 Å². The Kier molecular flexibility index (Phi) is 9.74. The predicted octanol–water partition coefficient (Wildman–Crippen LogP) is 3.90. The van der Waals surface area contributed by atoms with Gasteiger partial charge in [0, 0.05) is 4.47 Å². The van der Waals surface area contributed by atoms with E-state index in [-0.39, 0.29) is 11.7 Å². The first kappa shape index (κ1) is 24.6. The maximum absolute atomic E-state index is 12.6. The number of carbonyl (C=O) groups is 2. The monoisotopic (exact) mass is 507 g/mol. The van der Waals surface area contributed by atoms with Gasteiger partial charge in [-0.05, 0) is 61.8 Å². The highest BCUT2D eigenvalue weighted by Gasteiger charge is 2.15. The van der Waals surface area contributed by atoms with E-state index in [0.29, 0.717) is 29.6 Å². The van der Waals surface area contributed by atoms with Crippen molar-refractivity contribution in [2.24, 2.45) is 5.92 Å². The van der Waals surface area contributed by atoms with Crippen molar-refractivity contribution in [1.29, 1.82) is 0 Å². The molecular formula is C22H26BrN3O4S. The fraction of sp³-hybridized carbons (Fsp3) is 0.318. The normalized spacial score (nSPS) is 10.4. The molecule has 3 N–H and O–H groups in total. The first-order valence-corrected chi connectivity index (χ1v) is 11.0. The Morgan fingerprint density at radius 1 is 1.06 bits per heavy atom. The lowest BCUT2D eigenvalue weighted by Crippen LogP contribution is -2.49. The summed E-state index contributed by atoms with van der Waals surface area (Å²) < 4.78 is 11.9. The molecule has 31 heavy (non-hydrogen) atoms. The van der Waals surface area contributed by atoms with Gasteiger partial charge in [-0.1, -0.05) is 47.5 Å². The summed E-state index contributed by atoms with van der Waals surface area (Å²) in [6, 6.07) is 12.5. The van der Waals surface area contributed by atoms with Crippen LogP contribution in [0.5, 0.6) is 11.5 Å². The lowest BCUT2D eigenvalue weighted by Gasteiger charge is -2.14. The van der Waals surface area contributed by atoms with Gasteiger partial charge in [-0.3, -0.25) is 25.8 Å². The van der Waals surface area contributed by atoms with Crippen molar-refractivity contribution in [1.82, 2.24) is 16.2 Å². The zero-order valence-corrected chi connectivity index (χ0v) is 20.1. The van der Waals surface area contributed by atoms with Crippen molar-refractivity contribution in [2.45, 2.75) is 27.2 Å². The van der Waals surface area contributed by atoms with Gasteiger partial charge in [-0.2, -0.15) is 0 Å². The topological polar surface area (TPSA) is 88.7 Å². The van der Waals surface area contributed by atoms with Gasteiger partial charge >= 0.3 is 0 Å². The van der Waals surface area contributed by atoms with Gasteiger partial charge in [0.2, 0.25) is 0 Å². The number of hydrogen-bond acceptors (Lipinski definition) is 5. The van der Waals surface area contributed by atoms with Crippen molar-refractivity contribution >= 4 is 45.1 Å². The first-order chi connectivity index (χ1) is 14.7. The van der Waals surface area contributed by atoms with Gasteiger partial charge in [0.05, 0.1) is 12.2 Å². The Balaban J connectivity index is 1.83. The summed E-state index contributed by atoms with van der Waals surface area (Å²) in [4.78, 5) is 24.5. The van der Waals surface area contributed by atoms with E-state index in [0.717, 1.165) is 16.5 Å². The number of ether oxygens (including phenoxy) is 2. The summed E-state index contributed by atoms with van der Waals surface area (Å²) in [5, 5.41) is 2.47. The molecule has 2 rings (SSSR count). The third kappa shape index (κ3) is 8.94. The summed E-state index contributed by atoms with van der Waals surface area (Å²) in [5.74, 6) is 0.625. The highest BCUT2D eigenvalue weighted by atomic mass is 79.9. The molecule has 0 radical (unpaired) electrons. The summed E-state index contributed by atoms with van der Waals surface area (Å²) >= 11 is 8.44. The minimum Gasteiger partial charge on any atom is -0.493 e. The number of aryl methyl sites for hydroxylation is 1. The maximum Gasteiger partial charge on any atom is 0.276 e. The van der Waals surface area contributed by atoms with Gasteiger partial charge < -0.3 is 9.47 Å². The van der Waals surface area contributed by atoms with Gasteiger partial charge in [-0.15, -0.1) is 0 Å². The van der Waals surface area contributed by atoms with E-state index >= 15 is 0 Å². The summed E-state index contributed by atoms with van der Waals surface area (Å²) in [6.07, 6.45) is 0.869. The molecule has 0 fully saturated rings. The molecule has 0 saturated heterocycles. The highest BCUT2D eigenvalue weighted by molar-refractivity contribution is 9.10. The molecule has 0 aliphatic rings. The second-order valence-corrected chi connectivity index (χ2v) is 8.55. The van der Waals surface area contributed by atoms with Crippen LogP contribution < -0.4 is 25.6 Å². The molecule has 0 aromatic heterocycles. The fourth-order valence-corrected chi connectivity index (χ4v) is 2.86. The number of carbonyl (C=O) groups excluding carboxylic acids is 2. The first-order valence-electron chi connectivity index (χ1n) is 9.76. The summed E-state index contributed by atoms with van der Waals surface area (Å²) in [7, 11) is 0. The van der Waals surface area contributed by atoms with Gasteiger partial charge in [0.1, 0.15) is 11.5 Å². The average Bonchev–Trinajstić information content (AvgIpc) is 2.72. The third-order valence-electron chi connectivity index (χ3n) is 4.07. The molecule has 0 saturated carbocycles. The molecule has 9 heteroatoms. The zero-order chi connectivity index (χ0) is 22.8. The van der Waals surface area contributed by atoms with Crippen LogP contribution in [-0.4, -0.2) is 30.1 Å². The Bertz CT molecular complexity index is 919.